The Bertz CT molecular complexity index is 1270. The maximum absolute atomic E-state index is 12.3. The van der Waals surface area contributed by atoms with Crippen molar-refractivity contribution in [2.45, 2.75) is 11.8 Å². The van der Waals surface area contributed by atoms with Crippen LogP contribution in [0.3, 0.4) is 0 Å². The summed E-state index contributed by atoms with van der Waals surface area (Å²) in [6.07, 6.45) is -0.693. The lowest BCUT2D eigenvalue weighted by Gasteiger charge is -2.14. The predicted octanol–water partition coefficient (Wildman–Crippen LogP) is 4.61. The van der Waals surface area contributed by atoms with Crippen LogP contribution in [0.5, 0.6) is 0 Å². The Morgan fingerprint density at radius 2 is 1.84 bits per heavy atom. The molecule has 0 saturated heterocycles. The van der Waals surface area contributed by atoms with Gasteiger partial charge in [0.05, 0.1) is 11.5 Å². The van der Waals surface area contributed by atoms with Crippen LogP contribution in [0.4, 0.5) is 5.69 Å². The molecule has 1 atom stereocenters. The number of hydrogen-bond acceptors (Lipinski definition) is 7. The minimum absolute atomic E-state index is 0.0302. The topological polar surface area (TPSA) is 135 Å². The van der Waals surface area contributed by atoms with Gasteiger partial charge in [-0.25, -0.2) is 4.79 Å². The van der Waals surface area contributed by atoms with Crippen LogP contribution in [-0.2, 0) is 23.4 Å². The fourth-order valence-corrected chi connectivity index (χ4v) is 6.01. The summed E-state index contributed by atoms with van der Waals surface area (Å²) in [4.78, 5) is 24.3. The highest BCUT2D eigenvalue weighted by molar-refractivity contribution is 7.91. The van der Waals surface area contributed by atoms with Crippen LogP contribution in [-0.4, -0.2) is 37.2 Å². The van der Waals surface area contributed by atoms with Gasteiger partial charge in [-0.2, -0.15) is 12.4 Å². The number of anilines is 1. The number of rotatable bonds is 8. The number of halogens is 2. The van der Waals surface area contributed by atoms with E-state index in [1.165, 1.54) is 6.07 Å². The molecule has 0 amide bonds. The smallest absolute Gasteiger partial charge is 0.361 e. The summed E-state index contributed by atoms with van der Waals surface area (Å²) in [5.74, 6) is -0.507. The van der Waals surface area contributed by atoms with E-state index < -0.39 is 34.9 Å². The number of fused-ring (bicyclic) bond motifs is 1. The van der Waals surface area contributed by atoms with E-state index in [1.54, 1.807) is 31.2 Å². The van der Waals surface area contributed by atoms with E-state index in [0.717, 1.165) is 12.1 Å². The van der Waals surface area contributed by atoms with Gasteiger partial charge in [0.25, 0.3) is 0 Å². The van der Waals surface area contributed by atoms with Crippen molar-refractivity contribution in [3.05, 3.63) is 58.2 Å². The molecule has 31 heavy (non-hydrogen) atoms. The zero-order valence-corrected chi connectivity index (χ0v) is 19.2. The Balaban J connectivity index is 1.72. The van der Waals surface area contributed by atoms with Gasteiger partial charge in [-0.1, -0.05) is 23.2 Å². The molecule has 0 bridgehead atoms. The van der Waals surface area contributed by atoms with Crippen LogP contribution >= 0.6 is 30.8 Å². The average molecular weight is 507 g/mol. The van der Waals surface area contributed by atoms with Gasteiger partial charge in [0.1, 0.15) is 12.0 Å². The Labute approximate surface area is 187 Å². The number of ether oxygens (including phenoxy) is 1. The summed E-state index contributed by atoms with van der Waals surface area (Å²) in [5, 5.41) is 3.35. The second-order valence-electron chi connectivity index (χ2n) is 6.31. The van der Waals surface area contributed by atoms with E-state index in [4.69, 9.17) is 27.9 Å². The molecule has 0 saturated carbocycles. The van der Waals surface area contributed by atoms with E-state index in [1.807, 2.05) is 0 Å². The molecule has 3 aromatic rings. The highest BCUT2D eigenvalue weighted by Crippen LogP contribution is 2.45. The summed E-state index contributed by atoms with van der Waals surface area (Å²) in [5.41, 5.74) is 1.32. The van der Waals surface area contributed by atoms with Crippen molar-refractivity contribution in [2.75, 3.05) is 18.2 Å². The first-order valence-corrected chi connectivity index (χ1v) is 12.7. The molecule has 0 aliphatic heterocycles. The first-order valence-electron chi connectivity index (χ1n) is 8.77. The molecular formula is C18H17Cl2N2O7PS. The van der Waals surface area contributed by atoms with Gasteiger partial charge in [-0.15, -0.1) is 0 Å². The van der Waals surface area contributed by atoms with Crippen molar-refractivity contribution < 1.29 is 31.4 Å². The Hall–Kier alpha value is -2.07. The van der Waals surface area contributed by atoms with E-state index in [2.05, 4.69) is 14.3 Å². The normalized spacial score (nSPS) is 13.7. The number of hydrogen-bond donors (Lipinski definition) is 3. The molecule has 0 aliphatic carbocycles. The molecule has 3 N–H and O–H groups in total. The van der Waals surface area contributed by atoms with Gasteiger partial charge < -0.3 is 19.9 Å². The molecule has 0 aliphatic rings. The molecule has 1 aromatic heterocycles. The molecule has 0 fully saturated rings. The third-order valence-corrected chi connectivity index (χ3v) is 7.46. The van der Waals surface area contributed by atoms with Gasteiger partial charge >= 0.3 is 23.7 Å². The van der Waals surface area contributed by atoms with Crippen molar-refractivity contribution in [3.63, 3.8) is 0 Å². The lowest BCUT2D eigenvalue weighted by molar-refractivity contribution is 0.0520. The van der Waals surface area contributed by atoms with Crippen LogP contribution in [0.15, 0.2) is 47.4 Å². The minimum Gasteiger partial charge on any atom is -0.461 e. The number of benzene rings is 2. The van der Waals surface area contributed by atoms with Gasteiger partial charge in [0.15, 0.2) is 0 Å². The average Bonchev–Trinajstić information content (AvgIpc) is 3.09. The first-order chi connectivity index (χ1) is 14.5. The van der Waals surface area contributed by atoms with Crippen LogP contribution in [0.25, 0.3) is 10.9 Å². The Morgan fingerprint density at radius 3 is 2.48 bits per heavy atom. The number of aromatic nitrogens is 1. The lowest BCUT2D eigenvalue weighted by atomic mass is 10.2. The van der Waals surface area contributed by atoms with Crippen molar-refractivity contribution in [1.82, 2.24) is 4.98 Å². The summed E-state index contributed by atoms with van der Waals surface area (Å²) < 4.78 is 46.4. The maximum atomic E-state index is 12.3. The summed E-state index contributed by atoms with van der Waals surface area (Å²) in [6, 6.07) is 9.83. The Morgan fingerprint density at radius 1 is 1.16 bits per heavy atom. The van der Waals surface area contributed by atoms with Crippen LogP contribution in [0.1, 0.15) is 17.4 Å². The van der Waals surface area contributed by atoms with Crippen molar-refractivity contribution in [2.24, 2.45) is 0 Å². The number of esters is 1. The second kappa shape index (κ2) is 9.20. The first kappa shape index (κ1) is 23.6. The van der Waals surface area contributed by atoms with Crippen LogP contribution in [0.2, 0.25) is 10.0 Å². The van der Waals surface area contributed by atoms with Gasteiger partial charge in [0.2, 0.25) is 0 Å². The minimum atomic E-state index is -4.62. The summed E-state index contributed by atoms with van der Waals surface area (Å²) in [7, 11) is -9.21. The largest absolute Gasteiger partial charge is 0.461 e. The Kier molecular flexibility index (Phi) is 7.00. The fourth-order valence-electron chi connectivity index (χ4n) is 2.65. The maximum Gasteiger partial charge on any atom is 0.361 e. The summed E-state index contributed by atoms with van der Waals surface area (Å²) >= 11 is 11.6. The zero-order valence-electron chi connectivity index (χ0n) is 16.0. The highest BCUT2D eigenvalue weighted by atomic mass is 35.5. The number of carbonyl (C=O) groups is 1. The third kappa shape index (κ3) is 6.00. The molecular weight excluding hydrogens is 490 g/mol. The SMILES string of the molecule is CCOC(=O)c1cc2cc(NCP(=O)(O)OS(=O)(=O)c3cc(Cl)cc(Cl)c3)ccc2[nH]1. The molecule has 166 valence electrons. The van der Waals surface area contributed by atoms with Gasteiger partial charge in [0, 0.05) is 26.6 Å². The number of nitrogens with one attached hydrogen (secondary N) is 2. The molecule has 2 aromatic carbocycles. The number of aromatic amines is 1. The van der Waals surface area contributed by atoms with E-state index in [-0.39, 0.29) is 22.3 Å². The van der Waals surface area contributed by atoms with Crippen LogP contribution < -0.4 is 5.32 Å². The third-order valence-electron chi connectivity index (χ3n) is 3.94. The highest BCUT2D eigenvalue weighted by Gasteiger charge is 2.30. The van der Waals surface area contributed by atoms with E-state index in [0.29, 0.717) is 16.6 Å². The molecule has 1 unspecified atom stereocenters. The number of carbonyl (C=O) groups excluding carboxylic acids is 1. The molecule has 3 rings (SSSR count). The zero-order chi connectivity index (χ0) is 22.8. The number of H-pyrrole nitrogens is 1. The van der Waals surface area contributed by atoms with E-state index >= 15 is 0 Å². The predicted molar refractivity (Wildman–Crippen MR) is 117 cm³/mol. The second-order valence-corrected chi connectivity index (χ2v) is 10.8. The van der Waals surface area contributed by atoms with Crippen molar-refractivity contribution in [1.29, 1.82) is 0 Å². The standard InChI is InChI=1S/C18H17Cl2N2O7PS/c1-2-28-18(23)17-6-11-5-14(3-4-16(11)22-17)21-10-30(24,25)29-31(26,27)15-8-12(19)7-13(20)9-15/h3-9,21-22H,2,10H2,1H3,(H,24,25). The van der Waals surface area contributed by atoms with Gasteiger partial charge in [-0.05, 0) is 49.4 Å². The monoisotopic (exact) mass is 506 g/mol. The van der Waals surface area contributed by atoms with Crippen LogP contribution in [0, 0.1) is 0 Å². The molecule has 13 heteroatoms. The lowest BCUT2D eigenvalue weighted by Crippen LogP contribution is -2.10. The summed E-state index contributed by atoms with van der Waals surface area (Å²) in [6.45, 7) is 1.93. The van der Waals surface area contributed by atoms with E-state index in [9.17, 15) is 22.7 Å². The fraction of sp³-hybridized carbons (Fsp3) is 0.167. The molecule has 9 nitrogen and oxygen atoms in total. The van der Waals surface area contributed by atoms with Gasteiger partial charge in [-0.3, -0.25) is 4.57 Å². The van der Waals surface area contributed by atoms with Crippen molar-refractivity contribution >= 4 is 63.5 Å². The molecule has 1 heterocycles. The molecule has 0 spiro atoms. The quantitative estimate of drug-likeness (QED) is 0.297. The molecule has 0 radical (unpaired) electrons. The van der Waals surface area contributed by atoms with Crippen molar-refractivity contribution in [3.8, 4) is 0 Å².